The number of amides is 4. The van der Waals surface area contributed by atoms with Crippen molar-refractivity contribution in [3.8, 4) is 11.1 Å². The van der Waals surface area contributed by atoms with Crippen molar-refractivity contribution < 1.29 is 28.7 Å². The van der Waals surface area contributed by atoms with Crippen LogP contribution in [0.2, 0.25) is 0 Å². The van der Waals surface area contributed by atoms with E-state index < -0.39 is 24.3 Å². The first-order chi connectivity index (χ1) is 28.9. The number of H-pyrrole nitrogens is 2. The lowest BCUT2D eigenvalue weighted by Crippen LogP contribution is -2.54. The quantitative estimate of drug-likeness (QED) is 0.114. The van der Waals surface area contributed by atoms with Gasteiger partial charge in [-0.1, -0.05) is 64.1 Å². The molecule has 60 heavy (non-hydrogen) atoms. The summed E-state index contributed by atoms with van der Waals surface area (Å²) in [5.74, 6) is 1.37. The van der Waals surface area contributed by atoms with Crippen molar-refractivity contribution in [2.75, 3.05) is 20.8 Å². The molecule has 3 aliphatic rings. The maximum absolute atomic E-state index is 14.1. The molecule has 1 unspecified atom stereocenters. The average Bonchev–Trinajstić information content (AvgIpc) is 4.11. The normalized spacial score (nSPS) is 21.1. The van der Waals surface area contributed by atoms with Crippen molar-refractivity contribution in [3.05, 3.63) is 72.3 Å². The zero-order chi connectivity index (χ0) is 42.0. The van der Waals surface area contributed by atoms with Crippen LogP contribution in [0.1, 0.15) is 83.5 Å². The predicted molar refractivity (Wildman–Crippen MR) is 229 cm³/mol. The van der Waals surface area contributed by atoms with Crippen LogP contribution >= 0.6 is 0 Å². The number of alkyl carbamates (subject to hydrolysis) is 2. The standard InChI is InChI=1S/C46H52N8O6/c1-23(2)36(51-45(57)59-5)43(55)53-19-7-8-35(53)41-47-33-17-12-27-20-25(10-15-31(27)38(33)49-41)26-11-16-32-28(21-26)13-18-34-39(32)50-42(48-34)40-29-9-14-30(22-29)54(40)44(56)37(24(3)4)52-46(58)60-6/h10-13,15-18,20-21,23-24,29-30,35-37,40H,7-9,14,19,22H2,1-6H3,(H,47,49)(H,48,50)(H,51,57)(H,52,58)/t29-,30+,35-,36-,37?,40-/m0/s1. The number of likely N-dealkylation sites (tertiary alicyclic amines) is 2. The van der Waals surface area contributed by atoms with Crippen LogP contribution in [0, 0.1) is 17.8 Å². The second kappa shape index (κ2) is 15.4. The molecule has 6 atom stereocenters. The number of hydrogen-bond acceptors (Lipinski definition) is 8. The zero-order valence-corrected chi connectivity index (χ0v) is 34.9. The first kappa shape index (κ1) is 39.3. The Labute approximate surface area is 347 Å². The van der Waals surface area contributed by atoms with Gasteiger partial charge in [0.1, 0.15) is 23.7 Å². The van der Waals surface area contributed by atoms with Gasteiger partial charge in [-0.05, 0) is 96.0 Å². The third-order valence-electron chi connectivity index (χ3n) is 13.1. The molecule has 4 aromatic carbocycles. The van der Waals surface area contributed by atoms with E-state index in [0.29, 0.717) is 12.5 Å². The van der Waals surface area contributed by atoms with E-state index in [1.165, 1.54) is 14.2 Å². The van der Waals surface area contributed by atoms with Crippen LogP contribution in [0.3, 0.4) is 0 Å². The molecule has 4 amide bonds. The largest absolute Gasteiger partial charge is 0.453 e. The minimum Gasteiger partial charge on any atom is -0.453 e. The van der Waals surface area contributed by atoms with E-state index in [2.05, 4.69) is 69.1 Å². The zero-order valence-electron chi connectivity index (χ0n) is 34.9. The number of rotatable bonds is 9. The highest BCUT2D eigenvalue weighted by molar-refractivity contribution is 6.07. The average molecular weight is 813 g/mol. The summed E-state index contributed by atoms with van der Waals surface area (Å²) in [5, 5.41) is 9.73. The molecule has 14 heteroatoms. The Morgan fingerprint density at radius 1 is 0.700 bits per heavy atom. The number of aromatic amines is 2. The molecule has 2 bridgehead atoms. The number of imidazole rings is 2. The second-order valence-corrected chi connectivity index (χ2v) is 17.4. The smallest absolute Gasteiger partial charge is 0.407 e. The molecule has 0 radical (unpaired) electrons. The van der Waals surface area contributed by atoms with Crippen LogP contribution in [0.15, 0.2) is 60.7 Å². The molecule has 2 aromatic heterocycles. The SMILES string of the molecule is COC(=O)NC(C(=O)N1[C@@H]2CC[C@@H](C2)[C@H]1c1nc2ccc3cc(-c4ccc5c(ccc6nc([C@@H]7CCCN7C(=O)[C@@H](NC(=O)OC)C(C)C)[nH]c65)c4)ccc3c2[nH]1)C(C)C. The molecule has 1 saturated carbocycles. The lowest BCUT2D eigenvalue weighted by molar-refractivity contribution is -0.139. The molecular weight excluding hydrogens is 761 g/mol. The van der Waals surface area contributed by atoms with Crippen molar-refractivity contribution >= 4 is 67.6 Å². The fourth-order valence-electron chi connectivity index (χ4n) is 10.0. The molecule has 6 aromatic rings. The maximum Gasteiger partial charge on any atom is 0.407 e. The van der Waals surface area contributed by atoms with E-state index in [-0.39, 0.29) is 41.8 Å². The number of aromatic nitrogens is 4. The molecule has 4 heterocycles. The first-order valence-electron chi connectivity index (χ1n) is 21.1. The number of hydrogen-bond donors (Lipinski definition) is 4. The number of carbonyl (C=O) groups is 4. The third kappa shape index (κ3) is 6.75. The van der Waals surface area contributed by atoms with Crippen LogP contribution in [0.5, 0.6) is 0 Å². The topological polar surface area (TPSA) is 175 Å². The molecule has 4 N–H and O–H groups in total. The fraction of sp³-hybridized carbons (Fsp3) is 0.435. The van der Waals surface area contributed by atoms with E-state index in [0.717, 1.165) is 98.5 Å². The van der Waals surface area contributed by atoms with Crippen LogP contribution < -0.4 is 10.6 Å². The Kier molecular flexibility index (Phi) is 10.1. The minimum atomic E-state index is -0.697. The summed E-state index contributed by atoms with van der Waals surface area (Å²) in [6, 6.07) is 19.5. The van der Waals surface area contributed by atoms with Crippen LogP contribution in [-0.2, 0) is 19.1 Å². The Morgan fingerprint density at radius 2 is 1.25 bits per heavy atom. The molecule has 1 aliphatic carbocycles. The van der Waals surface area contributed by atoms with Gasteiger partial charge < -0.3 is 39.9 Å². The highest BCUT2D eigenvalue weighted by Crippen LogP contribution is 2.50. The molecular formula is C46H52N8O6. The molecule has 2 saturated heterocycles. The van der Waals surface area contributed by atoms with Gasteiger partial charge in [-0.3, -0.25) is 9.59 Å². The summed E-state index contributed by atoms with van der Waals surface area (Å²) in [6.07, 6.45) is 3.30. The Hall–Kier alpha value is -6.18. The predicted octanol–water partition coefficient (Wildman–Crippen LogP) is 7.89. The summed E-state index contributed by atoms with van der Waals surface area (Å²) in [6.45, 7) is 8.28. The van der Waals surface area contributed by atoms with E-state index in [1.54, 1.807) is 0 Å². The monoisotopic (exact) mass is 812 g/mol. The van der Waals surface area contributed by atoms with Crippen molar-refractivity contribution in [3.63, 3.8) is 0 Å². The summed E-state index contributed by atoms with van der Waals surface area (Å²) < 4.78 is 9.65. The number of carbonyl (C=O) groups excluding carboxylic acids is 4. The lowest BCUT2D eigenvalue weighted by Gasteiger charge is -2.37. The second-order valence-electron chi connectivity index (χ2n) is 17.4. The summed E-state index contributed by atoms with van der Waals surface area (Å²) in [7, 11) is 2.61. The maximum atomic E-state index is 14.1. The van der Waals surface area contributed by atoms with Crippen molar-refractivity contribution in [1.29, 1.82) is 0 Å². The van der Waals surface area contributed by atoms with Gasteiger partial charge in [0.15, 0.2) is 0 Å². The number of ether oxygens (including phenoxy) is 2. The highest BCUT2D eigenvalue weighted by atomic mass is 16.5. The number of nitrogens with one attached hydrogen (secondary N) is 4. The summed E-state index contributed by atoms with van der Waals surface area (Å²) in [5.41, 5.74) is 5.71. The number of benzene rings is 4. The molecule has 2 aliphatic heterocycles. The first-order valence-corrected chi connectivity index (χ1v) is 21.1. The summed E-state index contributed by atoms with van der Waals surface area (Å²) in [4.78, 5) is 73.2. The van der Waals surface area contributed by atoms with Gasteiger partial charge in [0.05, 0.1) is 48.4 Å². The highest BCUT2D eigenvalue weighted by Gasteiger charge is 2.51. The van der Waals surface area contributed by atoms with Crippen molar-refractivity contribution in [2.45, 2.75) is 90.0 Å². The van der Waals surface area contributed by atoms with Crippen molar-refractivity contribution in [1.82, 2.24) is 40.4 Å². The Morgan fingerprint density at radius 3 is 1.82 bits per heavy atom. The van der Waals surface area contributed by atoms with Gasteiger partial charge in [0, 0.05) is 23.4 Å². The van der Waals surface area contributed by atoms with Crippen molar-refractivity contribution in [2.24, 2.45) is 17.8 Å². The van der Waals surface area contributed by atoms with Gasteiger partial charge in [0.25, 0.3) is 0 Å². The van der Waals surface area contributed by atoms with Gasteiger partial charge >= 0.3 is 12.2 Å². The van der Waals surface area contributed by atoms with E-state index >= 15 is 0 Å². The van der Waals surface area contributed by atoms with Gasteiger partial charge in [0.2, 0.25) is 11.8 Å². The lowest BCUT2D eigenvalue weighted by atomic mass is 9.95. The summed E-state index contributed by atoms with van der Waals surface area (Å²) >= 11 is 0. The molecule has 0 spiro atoms. The molecule has 3 fully saturated rings. The molecule has 9 rings (SSSR count). The Bertz CT molecular complexity index is 2670. The number of fused-ring (bicyclic) bond motifs is 8. The van der Waals surface area contributed by atoms with Gasteiger partial charge in [-0.15, -0.1) is 0 Å². The van der Waals surface area contributed by atoms with E-state index in [9.17, 15) is 19.2 Å². The Balaban J connectivity index is 0.986. The molecule has 14 nitrogen and oxygen atoms in total. The van der Waals surface area contributed by atoms with Gasteiger partial charge in [-0.25, -0.2) is 19.6 Å². The third-order valence-corrected chi connectivity index (χ3v) is 13.1. The minimum absolute atomic E-state index is 0.0924. The van der Waals surface area contributed by atoms with E-state index in [4.69, 9.17) is 19.4 Å². The fourth-order valence-corrected chi connectivity index (χ4v) is 10.0. The van der Waals surface area contributed by atoms with Crippen LogP contribution in [0.4, 0.5) is 9.59 Å². The van der Waals surface area contributed by atoms with E-state index in [1.807, 2.05) is 49.6 Å². The van der Waals surface area contributed by atoms with Gasteiger partial charge in [-0.2, -0.15) is 0 Å². The van der Waals surface area contributed by atoms with Crippen LogP contribution in [-0.4, -0.2) is 92.6 Å². The number of piperidine rings is 1. The number of methoxy groups -OCH3 is 2. The number of nitrogens with zero attached hydrogens (tertiary/aromatic N) is 4. The molecule has 312 valence electrons. The van der Waals surface area contributed by atoms with Crippen LogP contribution in [0.25, 0.3) is 54.7 Å².